The molecule has 0 saturated heterocycles. The average Bonchev–Trinajstić information content (AvgIpc) is 2.68. The van der Waals surface area contributed by atoms with E-state index in [-0.39, 0.29) is 18.9 Å². The molecule has 0 aliphatic carbocycles. The number of hydrogen-bond donors (Lipinski definition) is 1. The molecule has 0 atom stereocenters. The lowest BCUT2D eigenvalue weighted by Crippen LogP contribution is -2.23. The highest BCUT2D eigenvalue weighted by Gasteiger charge is 2.09. The first-order valence-corrected chi connectivity index (χ1v) is 9.01. The highest BCUT2D eigenvalue weighted by Crippen LogP contribution is 2.21. The van der Waals surface area contributed by atoms with Crippen molar-refractivity contribution in [1.29, 1.82) is 5.26 Å². The Morgan fingerprint density at radius 1 is 1.32 bits per heavy atom. The number of pyridine rings is 1. The maximum absolute atomic E-state index is 12.3. The molecular weight excluding hydrogens is 397 g/mol. The van der Waals surface area contributed by atoms with E-state index in [0.717, 1.165) is 5.56 Å². The Morgan fingerprint density at radius 3 is 2.79 bits per heavy atom. The van der Waals surface area contributed by atoms with Crippen LogP contribution < -0.4 is 10.1 Å². The molecule has 0 unspecified atom stereocenters. The van der Waals surface area contributed by atoms with E-state index in [4.69, 9.17) is 33.2 Å². The Morgan fingerprint density at radius 2 is 2.14 bits per heavy atom. The summed E-state index contributed by atoms with van der Waals surface area (Å²) >= 11 is 12.0. The summed E-state index contributed by atoms with van der Waals surface area (Å²) < 4.78 is 5.61. The molecule has 0 spiro atoms. The predicted molar refractivity (Wildman–Crippen MR) is 110 cm³/mol. The first-order valence-electron chi connectivity index (χ1n) is 8.25. The van der Waals surface area contributed by atoms with Crippen LogP contribution in [0.4, 0.5) is 0 Å². The summed E-state index contributed by atoms with van der Waals surface area (Å²) in [5.74, 6) is 0.500. The molecular formula is C21H17Cl2N3O2. The molecule has 0 aliphatic heterocycles. The van der Waals surface area contributed by atoms with Gasteiger partial charge in [-0.25, -0.2) is 4.98 Å². The van der Waals surface area contributed by atoms with Gasteiger partial charge in [0.2, 0.25) is 5.88 Å². The van der Waals surface area contributed by atoms with Crippen molar-refractivity contribution in [3.63, 3.8) is 0 Å². The topological polar surface area (TPSA) is 75.0 Å². The zero-order valence-electron chi connectivity index (χ0n) is 14.9. The van der Waals surface area contributed by atoms with Gasteiger partial charge in [0.05, 0.1) is 18.1 Å². The highest BCUT2D eigenvalue weighted by molar-refractivity contribution is 6.35. The molecule has 2 aromatic rings. The maximum atomic E-state index is 12.3. The fraction of sp³-hybridized carbons (Fsp3) is 0.0952. The monoisotopic (exact) mass is 413 g/mol. The number of nitrogens with one attached hydrogen (secondary N) is 1. The molecule has 28 heavy (non-hydrogen) atoms. The third-order valence-electron chi connectivity index (χ3n) is 3.45. The predicted octanol–water partition coefficient (Wildman–Crippen LogP) is 5.24. The summed E-state index contributed by atoms with van der Waals surface area (Å²) in [4.78, 5) is 16.4. The lowest BCUT2D eigenvalue weighted by molar-refractivity contribution is 0.0950. The molecule has 1 heterocycles. The molecule has 0 bridgehead atoms. The SMILES string of the molecule is C=C/C=C(\C=C/CC#N)Oc1ccc(C(=O)NCc2ccc(Cl)cc2Cl)cn1. The van der Waals surface area contributed by atoms with Gasteiger partial charge in [0.25, 0.3) is 5.91 Å². The number of carbonyl (C=O) groups is 1. The number of benzene rings is 1. The fourth-order valence-electron chi connectivity index (χ4n) is 2.11. The normalized spacial score (nSPS) is 11.1. The number of amides is 1. The Balaban J connectivity index is 1.98. The number of rotatable bonds is 8. The van der Waals surface area contributed by atoms with Crippen molar-refractivity contribution in [3.8, 4) is 11.9 Å². The molecule has 7 heteroatoms. The van der Waals surface area contributed by atoms with Crippen molar-refractivity contribution < 1.29 is 9.53 Å². The van der Waals surface area contributed by atoms with Crippen LogP contribution in [0.25, 0.3) is 0 Å². The van der Waals surface area contributed by atoms with Crippen molar-refractivity contribution in [2.75, 3.05) is 0 Å². The Kier molecular flexibility index (Phi) is 8.29. The van der Waals surface area contributed by atoms with Crippen LogP contribution >= 0.6 is 23.2 Å². The van der Waals surface area contributed by atoms with Crippen molar-refractivity contribution in [1.82, 2.24) is 10.3 Å². The molecule has 0 fully saturated rings. The summed E-state index contributed by atoms with van der Waals surface area (Å²) in [6.07, 6.45) is 8.21. The quantitative estimate of drug-likeness (QED) is 0.474. The largest absolute Gasteiger partial charge is 0.439 e. The molecule has 5 nitrogen and oxygen atoms in total. The second-order valence-corrected chi connectivity index (χ2v) is 6.32. The van der Waals surface area contributed by atoms with Crippen LogP contribution in [0.2, 0.25) is 10.0 Å². The first kappa shape index (κ1) is 21.2. The molecule has 0 aliphatic rings. The molecule has 1 amide bonds. The number of nitriles is 1. The Labute approximate surface area is 173 Å². The van der Waals surface area contributed by atoms with Crippen LogP contribution in [-0.4, -0.2) is 10.9 Å². The smallest absolute Gasteiger partial charge is 0.253 e. The number of allylic oxidation sites excluding steroid dienone is 4. The molecule has 0 saturated carbocycles. The molecule has 0 radical (unpaired) electrons. The molecule has 2 rings (SSSR count). The lowest BCUT2D eigenvalue weighted by atomic mass is 10.2. The standard InChI is InChI=1S/C21H17Cl2N3O2/c1-2-5-18(6-3-4-11-24)28-20-10-8-16(14-25-20)21(27)26-13-15-7-9-17(22)12-19(15)23/h2-3,5-10,12,14H,1,4,13H2,(H,26,27)/b6-3-,18-5+. The third kappa shape index (κ3) is 6.58. The van der Waals surface area contributed by atoms with E-state index in [2.05, 4.69) is 16.9 Å². The zero-order valence-corrected chi connectivity index (χ0v) is 16.4. The van der Waals surface area contributed by atoms with Gasteiger partial charge in [-0.3, -0.25) is 4.79 Å². The van der Waals surface area contributed by atoms with E-state index in [1.807, 2.05) is 6.07 Å². The minimum absolute atomic E-state index is 0.266. The first-order chi connectivity index (χ1) is 13.5. The van der Waals surface area contributed by atoms with Crippen LogP contribution in [-0.2, 0) is 6.54 Å². The van der Waals surface area contributed by atoms with Crippen LogP contribution in [0.1, 0.15) is 22.3 Å². The van der Waals surface area contributed by atoms with Gasteiger partial charge in [-0.05, 0) is 35.9 Å². The number of ether oxygens (including phenoxy) is 1. The number of halogens is 2. The van der Waals surface area contributed by atoms with E-state index < -0.39 is 0 Å². The molecule has 1 aromatic heterocycles. The van der Waals surface area contributed by atoms with Gasteiger partial charge in [-0.15, -0.1) is 0 Å². The zero-order chi connectivity index (χ0) is 20.4. The maximum Gasteiger partial charge on any atom is 0.253 e. The van der Waals surface area contributed by atoms with Crippen LogP contribution in [0.15, 0.2) is 73.2 Å². The minimum atomic E-state index is -0.291. The molecule has 1 aromatic carbocycles. The summed E-state index contributed by atoms with van der Waals surface area (Å²) in [5, 5.41) is 12.4. The Bertz CT molecular complexity index is 945. The minimum Gasteiger partial charge on any atom is -0.439 e. The fourth-order valence-corrected chi connectivity index (χ4v) is 2.58. The number of carbonyl (C=O) groups excluding carboxylic acids is 1. The van der Waals surface area contributed by atoms with E-state index in [1.54, 1.807) is 54.6 Å². The highest BCUT2D eigenvalue weighted by atomic mass is 35.5. The molecule has 1 N–H and O–H groups in total. The van der Waals surface area contributed by atoms with Gasteiger partial charge >= 0.3 is 0 Å². The van der Waals surface area contributed by atoms with E-state index in [1.165, 1.54) is 6.20 Å². The van der Waals surface area contributed by atoms with Crippen molar-refractivity contribution >= 4 is 29.1 Å². The number of aromatic nitrogens is 1. The van der Waals surface area contributed by atoms with Crippen molar-refractivity contribution in [3.05, 3.63) is 94.3 Å². The van der Waals surface area contributed by atoms with Crippen molar-refractivity contribution in [2.45, 2.75) is 13.0 Å². The van der Waals surface area contributed by atoms with Gasteiger partial charge in [-0.2, -0.15) is 5.26 Å². The summed E-state index contributed by atoms with van der Waals surface area (Å²) in [7, 11) is 0. The summed E-state index contributed by atoms with van der Waals surface area (Å²) in [5.41, 5.74) is 1.14. The summed E-state index contributed by atoms with van der Waals surface area (Å²) in [6, 6.07) is 10.3. The van der Waals surface area contributed by atoms with Gasteiger partial charge in [0, 0.05) is 28.9 Å². The van der Waals surface area contributed by atoms with Crippen molar-refractivity contribution in [2.24, 2.45) is 0 Å². The van der Waals surface area contributed by atoms with E-state index >= 15 is 0 Å². The second-order valence-electron chi connectivity index (χ2n) is 5.47. The average molecular weight is 414 g/mol. The lowest BCUT2D eigenvalue weighted by Gasteiger charge is -2.08. The van der Waals surface area contributed by atoms with Gasteiger partial charge in [-0.1, -0.05) is 48.0 Å². The second kappa shape index (κ2) is 10.9. The Hall–Kier alpha value is -3.07. The third-order valence-corrected chi connectivity index (χ3v) is 4.04. The van der Waals surface area contributed by atoms with E-state index in [0.29, 0.717) is 27.2 Å². The number of nitrogens with zero attached hydrogens (tertiary/aromatic N) is 2. The van der Waals surface area contributed by atoms with Gasteiger partial charge in [0.1, 0.15) is 5.76 Å². The van der Waals surface area contributed by atoms with Gasteiger partial charge in [0.15, 0.2) is 0 Å². The number of hydrogen-bond acceptors (Lipinski definition) is 4. The van der Waals surface area contributed by atoms with Gasteiger partial charge < -0.3 is 10.1 Å². The van der Waals surface area contributed by atoms with E-state index in [9.17, 15) is 4.79 Å². The molecule has 142 valence electrons. The van der Waals surface area contributed by atoms with Crippen LogP contribution in [0, 0.1) is 11.3 Å². The summed E-state index contributed by atoms with van der Waals surface area (Å²) in [6.45, 7) is 3.89. The van der Waals surface area contributed by atoms with Crippen LogP contribution in [0.5, 0.6) is 5.88 Å². The van der Waals surface area contributed by atoms with Crippen LogP contribution in [0.3, 0.4) is 0 Å².